The maximum atomic E-state index is 12.8. The van der Waals surface area contributed by atoms with Crippen LogP contribution in [-0.4, -0.2) is 26.2 Å². The number of alkyl halides is 6. The lowest BCUT2D eigenvalue weighted by Crippen LogP contribution is -2.32. The van der Waals surface area contributed by atoms with E-state index < -0.39 is 51.0 Å². The fraction of sp³-hybridized carbons (Fsp3) is 0.455. The van der Waals surface area contributed by atoms with Crippen molar-refractivity contribution in [3.8, 4) is 0 Å². The third-order valence-corrected chi connectivity index (χ3v) is 3.94. The van der Waals surface area contributed by atoms with Gasteiger partial charge in [0.25, 0.3) is 0 Å². The molecular formula is C11H11F6NO3S. The van der Waals surface area contributed by atoms with E-state index in [2.05, 4.69) is 0 Å². The maximum absolute atomic E-state index is 12.8. The molecule has 0 aliphatic carbocycles. The summed E-state index contributed by atoms with van der Waals surface area (Å²) >= 11 is 0. The summed E-state index contributed by atoms with van der Waals surface area (Å²) in [7, 11) is -4.88. The Morgan fingerprint density at radius 1 is 1.14 bits per heavy atom. The Balaban J connectivity index is 3.47. The van der Waals surface area contributed by atoms with Gasteiger partial charge in [0, 0.05) is 6.54 Å². The number of aliphatic hydroxyl groups is 1. The summed E-state index contributed by atoms with van der Waals surface area (Å²) in [5.41, 5.74) is -3.25. The standard InChI is InChI=1S/C11H11F6NO3S/c1-6(19)5-18-22(20,21)9-4-7(10(12,13)14)2-3-8(9)11(15,16)17/h2-4,6,18-19H,5H2,1H3. The SMILES string of the molecule is CC(O)CNS(=O)(=O)c1cc(C(F)(F)F)ccc1C(F)(F)F. The number of halogens is 6. The van der Waals surface area contributed by atoms with Crippen molar-refractivity contribution in [3.05, 3.63) is 29.3 Å². The minimum absolute atomic E-state index is 0.0553. The zero-order valence-electron chi connectivity index (χ0n) is 11.0. The van der Waals surface area contributed by atoms with Crippen molar-refractivity contribution in [2.24, 2.45) is 0 Å². The number of rotatable bonds is 4. The fourth-order valence-electron chi connectivity index (χ4n) is 1.46. The molecule has 0 amide bonds. The highest BCUT2D eigenvalue weighted by Gasteiger charge is 2.40. The van der Waals surface area contributed by atoms with Crippen LogP contribution >= 0.6 is 0 Å². The van der Waals surface area contributed by atoms with Crippen molar-refractivity contribution < 1.29 is 39.9 Å². The molecule has 1 aromatic rings. The van der Waals surface area contributed by atoms with Gasteiger partial charge in [0.05, 0.1) is 22.1 Å². The molecule has 0 saturated carbocycles. The third-order valence-electron chi connectivity index (χ3n) is 2.47. The Morgan fingerprint density at radius 2 is 1.68 bits per heavy atom. The first-order valence-electron chi connectivity index (χ1n) is 5.71. The van der Waals surface area contributed by atoms with Crippen LogP contribution in [0.1, 0.15) is 18.1 Å². The zero-order chi connectivity index (χ0) is 17.3. The van der Waals surface area contributed by atoms with E-state index in [1.807, 2.05) is 0 Å². The van der Waals surface area contributed by atoms with E-state index in [9.17, 15) is 34.8 Å². The molecule has 1 rings (SSSR count). The minimum Gasteiger partial charge on any atom is -0.392 e. The van der Waals surface area contributed by atoms with Crippen LogP contribution in [0.25, 0.3) is 0 Å². The van der Waals surface area contributed by atoms with Gasteiger partial charge in [0.2, 0.25) is 10.0 Å². The van der Waals surface area contributed by atoms with Crippen LogP contribution in [-0.2, 0) is 22.4 Å². The molecule has 0 radical (unpaired) electrons. The molecule has 0 spiro atoms. The van der Waals surface area contributed by atoms with Crippen molar-refractivity contribution in [1.82, 2.24) is 4.72 Å². The number of nitrogens with one attached hydrogen (secondary N) is 1. The topological polar surface area (TPSA) is 66.4 Å². The van der Waals surface area contributed by atoms with Crippen LogP contribution in [0.3, 0.4) is 0 Å². The first-order valence-corrected chi connectivity index (χ1v) is 7.19. The molecule has 0 fully saturated rings. The molecule has 22 heavy (non-hydrogen) atoms. The quantitative estimate of drug-likeness (QED) is 0.819. The van der Waals surface area contributed by atoms with E-state index in [0.717, 1.165) is 6.92 Å². The van der Waals surface area contributed by atoms with Crippen LogP contribution in [0.4, 0.5) is 26.3 Å². The second kappa shape index (κ2) is 6.05. The highest BCUT2D eigenvalue weighted by Crippen LogP contribution is 2.38. The maximum Gasteiger partial charge on any atom is 0.417 e. The molecule has 11 heteroatoms. The average Bonchev–Trinajstić information content (AvgIpc) is 2.33. The Kier molecular flexibility index (Phi) is 5.15. The van der Waals surface area contributed by atoms with Gasteiger partial charge in [-0.15, -0.1) is 0 Å². The summed E-state index contributed by atoms with van der Waals surface area (Å²) in [5.74, 6) is 0. The molecule has 0 aliphatic heterocycles. The lowest BCUT2D eigenvalue weighted by atomic mass is 10.1. The van der Waals surface area contributed by atoms with E-state index in [4.69, 9.17) is 5.11 Å². The lowest BCUT2D eigenvalue weighted by molar-refractivity contribution is -0.143. The largest absolute Gasteiger partial charge is 0.417 e. The first kappa shape index (κ1) is 18.7. The first-order chi connectivity index (χ1) is 9.75. The van der Waals surface area contributed by atoms with Crippen molar-refractivity contribution >= 4 is 10.0 Å². The molecular weight excluding hydrogens is 340 g/mol. The molecule has 4 nitrogen and oxygen atoms in total. The Bertz CT molecular complexity index is 636. The van der Waals surface area contributed by atoms with Gasteiger partial charge >= 0.3 is 12.4 Å². The monoisotopic (exact) mass is 351 g/mol. The smallest absolute Gasteiger partial charge is 0.392 e. The molecule has 1 atom stereocenters. The minimum atomic E-state index is -5.15. The normalized spacial score (nSPS) is 14.9. The van der Waals surface area contributed by atoms with E-state index in [-0.39, 0.29) is 18.2 Å². The van der Waals surface area contributed by atoms with Crippen LogP contribution in [0.5, 0.6) is 0 Å². The van der Waals surface area contributed by atoms with Gasteiger partial charge in [-0.1, -0.05) is 0 Å². The van der Waals surface area contributed by atoms with Crippen LogP contribution < -0.4 is 4.72 Å². The summed E-state index contributed by atoms with van der Waals surface area (Å²) < 4.78 is 101. The Morgan fingerprint density at radius 3 is 2.09 bits per heavy atom. The fourth-order valence-corrected chi connectivity index (χ4v) is 2.83. The predicted molar refractivity (Wildman–Crippen MR) is 63.3 cm³/mol. The second-order valence-electron chi connectivity index (χ2n) is 4.41. The molecule has 0 aromatic heterocycles. The summed E-state index contributed by atoms with van der Waals surface area (Å²) in [4.78, 5) is -1.55. The summed E-state index contributed by atoms with van der Waals surface area (Å²) in [6.45, 7) is 0.509. The van der Waals surface area contributed by atoms with Crippen molar-refractivity contribution in [1.29, 1.82) is 0 Å². The lowest BCUT2D eigenvalue weighted by Gasteiger charge is -2.16. The van der Waals surface area contributed by atoms with Gasteiger partial charge in [0.1, 0.15) is 0 Å². The molecule has 2 N–H and O–H groups in total. The zero-order valence-corrected chi connectivity index (χ0v) is 11.8. The highest BCUT2D eigenvalue weighted by molar-refractivity contribution is 7.89. The number of hydrogen-bond acceptors (Lipinski definition) is 3. The number of benzene rings is 1. The molecule has 0 saturated heterocycles. The van der Waals surface area contributed by atoms with Gasteiger partial charge in [-0.05, 0) is 25.1 Å². The molecule has 1 aromatic carbocycles. The van der Waals surface area contributed by atoms with Gasteiger partial charge in [-0.25, -0.2) is 13.1 Å². The summed E-state index contributed by atoms with van der Waals surface area (Å²) in [5, 5.41) is 8.95. The van der Waals surface area contributed by atoms with Crippen molar-refractivity contribution in [2.75, 3.05) is 6.54 Å². The third kappa shape index (κ3) is 4.58. The van der Waals surface area contributed by atoms with Crippen molar-refractivity contribution in [3.63, 3.8) is 0 Å². The van der Waals surface area contributed by atoms with Crippen molar-refractivity contribution in [2.45, 2.75) is 30.3 Å². The molecule has 126 valence electrons. The summed E-state index contributed by atoms with van der Waals surface area (Å²) in [6.07, 6.45) is -11.4. The molecule has 0 aliphatic rings. The van der Waals surface area contributed by atoms with Gasteiger partial charge in [-0.2, -0.15) is 26.3 Å². The second-order valence-corrected chi connectivity index (χ2v) is 6.14. The van der Waals surface area contributed by atoms with Gasteiger partial charge < -0.3 is 5.11 Å². The molecule has 1 unspecified atom stereocenters. The molecule has 0 bridgehead atoms. The Hall–Kier alpha value is -1.33. The highest BCUT2D eigenvalue weighted by atomic mass is 32.2. The summed E-state index contributed by atoms with van der Waals surface area (Å²) in [6, 6.07) is 0.115. The van der Waals surface area contributed by atoms with Crippen LogP contribution in [0, 0.1) is 0 Å². The molecule has 0 heterocycles. The van der Waals surface area contributed by atoms with Gasteiger partial charge in [0.15, 0.2) is 0 Å². The van der Waals surface area contributed by atoms with Gasteiger partial charge in [-0.3, -0.25) is 0 Å². The van der Waals surface area contributed by atoms with E-state index in [0.29, 0.717) is 0 Å². The van der Waals surface area contributed by atoms with E-state index >= 15 is 0 Å². The van der Waals surface area contributed by atoms with E-state index in [1.165, 1.54) is 0 Å². The van der Waals surface area contributed by atoms with Crippen LogP contribution in [0.15, 0.2) is 23.1 Å². The predicted octanol–water partition coefficient (Wildman–Crippen LogP) is 2.38. The van der Waals surface area contributed by atoms with Crippen LogP contribution in [0.2, 0.25) is 0 Å². The number of aliphatic hydroxyl groups excluding tert-OH is 1. The number of sulfonamides is 1. The Labute approximate surface area is 121 Å². The number of hydrogen-bond donors (Lipinski definition) is 2. The van der Waals surface area contributed by atoms with E-state index in [1.54, 1.807) is 4.72 Å². The average molecular weight is 351 g/mol.